The number of anilines is 1. The van der Waals surface area contributed by atoms with Gasteiger partial charge in [-0.2, -0.15) is 0 Å². The lowest BCUT2D eigenvalue weighted by Gasteiger charge is -2.14. The Hall–Kier alpha value is -2.51. The van der Waals surface area contributed by atoms with Crippen molar-refractivity contribution in [2.45, 2.75) is 25.2 Å². The number of nitrogens with one attached hydrogen (secondary N) is 1. The van der Waals surface area contributed by atoms with Crippen LogP contribution in [0.3, 0.4) is 0 Å². The number of aryl methyl sites for hydroxylation is 2. The van der Waals surface area contributed by atoms with Gasteiger partial charge in [0.2, 0.25) is 0 Å². The van der Waals surface area contributed by atoms with Crippen LogP contribution < -0.4 is 10.1 Å². The van der Waals surface area contributed by atoms with E-state index in [4.69, 9.17) is 4.74 Å². The molecule has 1 aromatic heterocycles. The highest BCUT2D eigenvalue weighted by molar-refractivity contribution is 7.90. The van der Waals surface area contributed by atoms with Crippen molar-refractivity contribution < 1.29 is 13.2 Å². The molecule has 29 heavy (non-hydrogen) atoms. The molecular formula is C22H29N3O3S. The van der Waals surface area contributed by atoms with E-state index in [2.05, 4.69) is 10.2 Å². The molecule has 0 amide bonds. The molecule has 1 N–H and O–H groups in total. The minimum atomic E-state index is -3.72. The van der Waals surface area contributed by atoms with E-state index < -0.39 is 10.0 Å². The fourth-order valence-corrected chi connectivity index (χ4v) is 4.80. The van der Waals surface area contributed by atoms with Crippen LogP contribution in [0.15, 0.2) is 47.5 Å². The highest BCUT2D eigenvalue weighted by atomic mass is 32.2. The number of rotatable bonds is 8. The highest BCUT2D eigenvalue weighted by Crippen LogP contribution is 2.30. The zero-order valence-corrected chi connectivity index (χ0v) is 18.5. The average Bonchev–Trinajstić information content (AvgIpc) is 3.03. The molecule has 0 bridgehead atoms. The molecule has 0 spiro atoms. The molecule has 6 nitrogen and oxygen atoms in total. The first-order chi connectivity index (χ1) is 13.7. The zero-order valence-electron chi connectivity index (χ0n) is 17.7. The molecule has 0 aliphatic carbocycles. The molecule has 0 radical (unpaired) electrons. The third-order valence-corrected chi connectivity index (χ3v) is 6.71. The van der Waals surface area contributed by atoms with Gasteiger partial charge < -0.3 is 15.0 Å². The molecule has 3 rings (SSSR count). The Labute approximate surface area is 173 Å². The van der Waals surface area contributed by atoms with E-state index in [9.17, 15) is 8.42 Å². The lowest BCUT2D eigenvalue weighted by molar-refractivity contribution is 0.405. The minimum absolute atomic E-state index is 0.269. The van der Waals surface area contributed by atoms with Gasteiger partial charge in [0.15, 0.2) is 0 Å². The zero-order chi connectivity index (χ0) is 21.2. The summed E-state index contributed by atoms with van der Waals surface area (Å²) < 4.78 is 33.4. The second-order valence-electron chi connectivity index (χ2n) is 7.56. The maximum atomic E-state index is 13.4. The Kier molecular flexibility index (Phi) is 6.19. The van der Waals surface area contributed by atoms with Crippen molar-refractivity contribution >= 4 is 26.6 Å². The number of aromatic nitrogens is 1. The van der Waals surface area contributed by atoms with Crippen molar-refractivity contribution in [3.8, 4) is 5.75 Å². The third kappa shape index (κ3) is 4.41. The van der Waals surface area contributed by atoms with Crippen molar-refractivity contribution in [2.24, 2.45) is 0 Å². The van der Waals surface area contributed by atoms with Crippen molar-refractivity contribution in [3.63, 3.8) is 0 Å². The van der Waals surface area contributed by atoms with Gasteiger partial charge in [0.05, 0.1) is 17.5 Å². The monoisotopic (exact) mass is 415 g/mol. The van der Waals surface area contributed by atoms with Gasteiger partial charge in [-0.25, -0.2) is 12.4 Å². The number of benzene rings is 2. The van der Waals surface area contributed by atoms with Gasteiger partial charge in [0.25, 0.3) is 10.0 Å². The molecule has 0 saturated heterocycles. The van der Waals surface area contributed by atoms with Gasteiger partial charge in [0, 0.05) is 23.8 Å². The minimum Gasteiger partial charge on any atom is -0.497 e. The van der Waals surface area contributed by atoms with Gasteiger partial charge in [-0.1, -0.05) is 6.07 Å². The molecule has 0 atom stereocenters. The van der Waals surface area contributed by atoms with E-state index in [1.54, 1.807) is 37.6 Å². The molecule has 0 unspecified atom stereocenters. The summed E-state index contributed by atoms with van der Waals surface area (Å²) in [7, 11) is 1.96. The Balaban J connectivity index is 1.96. The molecule has 156 valence electrons. The predicted octanol–water partition coefficient (Wildman–Crippen LogP) is 3.87. The quantitative estimate of drug-likeness (QED) is 0.566. The van der Waals surface area contributed by atoms with Crippen LogP contribution in [0.25, 0.3) is 10.9 Å². The second kappa shape index (κ2) is 8.47. The number of fused-ring (bicyclic) bond motifs is 1. The summed E-state index contributed by atoms with van der Waals surface area (Å²) in [6.45, 7) is 5.64. The summed E-state index contributed by atoms with van der Waals surface area (Å²) in [6.07, 6.45) is 2.65. The number of methoxy groups -OCH3 is 1. The molecule has 2 aromatic carbocycles. The number of nitrogens with zero attached hydrogens (tertiary/aromatic N) is 2. The van der Waals surface area contributed by atoms with Gasteiger partial charge in [-0.05, 0) is 82.4 Å². The summed E-state index contributed by atoms with van der Waals surface area (Å²) in [6, 6.07) is 10.7. The largest absolute Gasteiger partial charge is 0.497 e. The van der Waals surface area contributed by atoms with E-state index >= 15 is 0 Å². The number of ether oxygens (including phenoxy) is 1. The normalized spacial score (nSPS) is 11.9. The van der Waals surface area contributed by atoms with Gasteiger partial charge in [-0.3, -0.25) is 0 Å². The summed E-state index contributed by atoms with van der Waals surface area (Å²) in [5.41, 5.74) is 3.40. The van der Waals surface area contributed by atoms with Gasteiger partial charge >= 0.3 is 0 Å². The SMILES string of the molecule is COc1ccc2c(c1)c(C)cn2S(=O)(=O)c1ccc(C)c(NCCCN(C)C)c1. The molecule has 3 aromatic rings. The standard InChI is InChI=1S/C22H29N3O3S/c1-16-7-9-19(14-21(16)23-11-6-12-24(3)4)29(26,27)25-15-17(2)20-13-18(28-5)8-10-22(20)25/h7-10,13-15,23H,6,11-12H2,1-5H3. The Bertz CT molecular complexity index is 1120. The van der Waals surface area contributed by atoms with Crippen LogP contribution in [0, 0.1) is 13.8 Å². The van der Waals surface area contributed by atoms with Crippen LogP contribution in [-0.2, 0) is 10.0 Å². The van der Waals surface area contributed by atoms with Gasteiger partial charge in [0.1, 0.15) is 5.75 Å². The van der Waals surface area contributed by atoms with E-state index in [0.717, 1.165) is 41.7 Å². The van der Waals surface area contributed by atoms with Crippen LogP contribution >= 0.6 is 0 Å². The molecule has 0 aliphatic heterocycles. The van der Waals surface area contributed by atoms with E-state index in [1.165, 1.54) is 3.97 Å². The van der Waals surface area contributed by atoms with E-state index in [0.29, 0.717) is 11.3 Å². The summed E-state index contributed by atoms with van der Waals surface area (Å²) in [5, 5.41) is 4.24. The maximum absolute atomic E-state index is 13.4. The van der Waals surface area contributed by atoms with Crippen LogP contribution in [0.1, 0.15) is 17.5 Å². The van der Waals surface area contributed by atoms with Crippen LogP contribution in [0.2, 0.25) is 0 Å². The van der Waals surface area contributed by atoms with Crippen molar-refractivity contribution in [1.82, 2.24) is 8.87 Å². The topological polar surface area (TPSA) is 63.6 Å². The molecule has 0 fully saturated rings. The van der Waals surface area contributed by atoms with E-state index in [-0.39, 0.29) is 4.90 Å². The first kappa shape index (κ1) is 21.2. The van der Waals surface area contributed by atoms with Crippen LogP contribution in [-0.4, -0.2) is 51.6 Å². The fourth-order valence-electron chi connectivity index (χ4n) is 3.35. The molecule has 1 heterocycles. The fraction of sp³-hybridized carbons (Fsp3) is 0.364. The molecule has 7 heteroatoms. The number of hydrogen-bond donors (Lipinski definition) is 1. The van der Waals surface area contributed by atoms with Crippen molar-refractivity contribution in [3.05, 3.63) is 53.7 Å². The summed E-state index contributed by atoms with van der Waals surface area (Å²) >= 11 is 0. The second-order valence-corrected chi connectivity index (χ2v) is 9.37. The first-order valence-electron chi connectivity index (χ1n) is 9.64. The lowest BCUT2D eigenvalue weighted by atomic mass is 10.2. The Morgan fingerprint density at radius 2 is 1.83 bits per heavy atom. The van der Waals surface area contributed by atoms with E-state index in [1.807, 2.05) is 40.1 Å². The average molecular weight is 416 g/mol. The van der Waals surface area contributed by atoms with Gasteiger partial charge in [-0.15, -0.1) is 0 Å². The first-order valence-corrected chi connectivity index (χ1v) is 11.1. The summed E-state index contributed by atoms with van der Waals surface area (Å²) in [5.74, 6) is 0.704. The van der Waals surface area contributed by atoms with Crippen LogP contribution in [0.4, 0.5) is 5.69 Å². The smallest absolute Gasteiger partial charge is 0.268 e. The number of hydrogen-bond acceptors (Lipinski definition) is 5. The highest BCUT2D eigenvalue weighted by Gasteiger charge is 2.21. The maximum Gasteiger partial charge on any atom is 0.268 e. The van der Waals surface area contributed by atoms with Crippen LogP contribution in [0.5, 0.6) is 5.75 Å². The Morgan fingerprint density at radius 3 is 2.52 bits per heavy atom. The molecular weight excluding hydrogens is 386 g/mol. The predicted molar refractivity (Wildman–Crippen MR) is 119 cm³/mol. The molecule has 0 saturated carbocycles. The summed E-state index contributed by atoms with van der Waals surface area (Å²) in [4.78, 5) is 2.40. The lowest BCUT2D eigenvalue weighted by Crippen LogP contribution is -2.17. The van der Waals surface area contributed by atoms with Crippen molar-refractivity contribution in [1.29, 1.82) is 0 Å². The molecule has 0 aliphatic rings. The third-order valence-electron chi connectivity index (χ3n) is 5.04. The Morgan fingerprint density at radius 1 is 1.07 bits per heavy atom. The van der Waals surface area contributed by atoms with Crippen molar-refractivity contribution in [2.75, 3.05) is 39.6 Å².